The first-order valence-corrected chi connectivity index (χ1v) is 7.57. The van der Waals surface area contributed by atoms with Gasteiger partial charge in [0.15, 0.2) is 5.96 Å². The molecule has 0 unspecified atom stereocenters. The quantitative estimate of drug-likeness (QED) is 0.581. The second-order valence-electron chi connectivity index (χ2n) is 4.43. The molecule has 1 rings (SSSR count). The van der Waals surface area contributed by atoms with E-state index in [4.69, 9.17) is 0 Å². The van der Waals surface area contributed by atoms with Crippen LogP contribution >= 0.6 is 11.3 Å². The Bertz CT molecular complexity index is 388. The van der Waals surface area contributed by atoms with Crippen LogP contribution in [0.5, 0.6) is 0 Å². The summed E-state index contributed by atoms with van der Waals surface area (Å²) in [5, 5.41) is 9.85. The number of nitrogens with one attached hydrogen (secondary N) is 2. The monoisotopic (exact) mass is 283 g/mol. The molecule has 5 nitrogen and oxygen atoms in total. The Morgan fingerprint density at radius 3 is 2.74 bits per heavy atom. The molecule has 0 aromatic carbocycles. The molecule has 0 aliphatic carbocycles. The number of aromatic nitrogens is 1. The van der Waals surface area contributed by atoms with Crippen LogP contribution in [0.25, 0.3) is 0 Å². The lowest BCUT2D eigenvalue weighted by Gasteiger charge is -2.16. The Hall–Kier alpha value is -1.14. The molecule has 2 N–H and O–H groups in total. The minimum atomic E-state index is 0.854. The van der Waals surface area contributed by atoms with E-state index in [-0.39, 0.29) is 0 Å². The van der Waals surface area contributed by atoms with Crippen LogP contribution in [0.15, 0.2) is 10.4 Å². The molecule has 0 atom stereocenters. The Morgan fingerprint density at radius 1 is 1.42 bits per heavy atom. The number of guanidine groups is 1. The maximum Gasteiger partial charge on any atom is 0.191 e. The van der Waals surface area contributed by atoms with Crippen molar-refractivity contribution >= 4 is 17.3 Å². The zero-order valence-corrected chi connectivity index (χ0v) is 13.2. The molecule has 0 bridgehead atoms. The van der Waals surface area contributed by atoms with E-state index in [9.17, 15) is 0 Å². The van der Waals surface area contributed by atoms with Crippen LogP contribution in [0.2, 0.25) is 0 Å². The van der Waals surface area contributed by atoms with E-state index in [1.54, 1.807) is 18.4 Å². The lowest BCUT2D eigenvalue weighted by atomic mass is 10.3. The first-order valence-electron chi connectivity index (χ1n) is 6.69. The van der Waals surface area contributed by atoms with Crippen molar-refractivity contribution in [2.75, 3.05) is 40.3 Å². The van der Waals surface area contributed by atoms with Crippen molar-refractivity contribution in [3.63, 3.8) is 0 Å². The Kier molecular flexibility index (Phi) is 7.43. The summed E-state index contributed by atoms with van der Waals surface area (Å²) >= 11 is 1.70. The number of rotatable bonds is 7. The molecule has 0 amide bonds. The number of nitrogens with zero attached hydrogens (tertiary/aromatic N) is 3. The first-order chi connectivity index (χ1) is 9.15. The average molecular weight is 283 g/mol. The van der Waals surface area contributed by atoms with Crippen LogP contribution in [-0.4, -0.2) is 56.1 Å². The summed E-state index contributed by atoms with van der Waals surface area (Å²) in [5.74, 6) is 0.858. The smallest absolute Gasteiger partial charge is 0.191 e. The predicted octanol–water partition coefficient (Wildman–Crippen LogP) is 1.11. The first kappa shape index (κ1) is 15.9. The molecule has 0 saturated carbocycles. The van der Waals surface area contributed by atoms with Crippen molar-refractivity contribution in [2.24, 2.45) is 4.99 Å². The Labute approximate surface area is 120 Å². The minimum Gasteiger partial charge on any atom is -0.356 e. The molecule has 108 valence electrons. The van der Waals surface area contributed by atoms with E-state index in [0.717, 1.165) is 49.3 Å². The van der Waals surface area contributed by atoms with Crippen molar-refractivity contribution < 1.29 is 0 Å². The molecule has 0 saturated heterocycles. The molecule has 0 aliphatic rings. The van der Waals surface area contributed by atoms with Gasteiger partial charge in [0, 0.05) is 38.5 Å². The van der Waals surface area contributed by atoms with Gasteiger partial charge >= 0.3 is 0 Å². The molecule has 1 heterocycles. The van der Waals surface area contributed by atoms with Crippen molar-refractivity contribution in [3.05, 3.63) is 16.1 Å². The number of thiazole rings is 1. The van der Waals surface area contributed by atoms with E-state index in [2.05, 4.69) is 44.9 Å². The Morgan fingerprint density at radius 2 is 2.16 bits per heavy atom. The van der Waals surface area contributed by atoms with Crippen LogP contribution in [0.4, 0.5) is 0 Å². The summed E-state index contributed by atoms with van der Waals surface area (Å²) in [6.45, 7) is 8.03. The second kappa shape index (κ2) is 8.87. The SMILES string of the molecule is CCN(C)CCNC(=NC)NCCc1csc(C)n1. The lowest BCUT2D eigenvalue weighted by Crippen LogP contribution is -2.41. The number of aryl methyl sites for hydroxylation is 1. The minimum absolute atomic E-state index is 0.854. The van der Waals surface area contributed by atoms with Gasteiger partial charge in [0.1, 0.15) is 0 Å². The second-order valence-corrected chi connectivity index (χ2v) is 5.49. The van der Waals surface area contributed by atoms with Gasteiger partial charge in [-0.3, -0.25) is 4.99 Å². The van der Waals surface area contributed by atoms with Gasteiger partial charge in [-0.05, 0) is 20.5 Å². The largest absolute Gasteiger partial charge is 0.356 e. The van der Waals surface area contributed by atoms with Crippen molar-refractivity contribution in [2.45, 2.75) is 20.3 Å². The Balaban J connectivity index is 2.18. The number of likely N-dealkylation sites (N-methyl/N-ethyl adjacent to an activating group) is 1. The molecule has 0 spiro atoms. The molecule has 1 aromatic heterocycles. The lowest BCUT2D eigenvalue weighted by molar-refractivity contribution is 0.357. The fraction of sp³-hybridized carbons (Fsp3) is 0.692. The van der Waals surface area contributed by atoms with E-state index in [0.29, 0.717) is 0 Å². The van der Waals surface area contributed by atoms with Crippen molar-refractivity contribution in [1.29, 1.82) is 0 Å². The van der Waals surface area contributed by atoms with Gasteiger partial charge in [0.25, 0.3) is 0 Å². The highest BCUT2D eigenvalue weighted by Crippen LogP contribution is 2.07. The fourth-order valence-electron chi connectivity index (χ4n) is 1.58. The predicted molar refractivity (Wildman–Crippen MR) is 83.1 cm³/mol. The molecule has 0 fully saturated rings. The molecule has 0 aliphatic heterocycles. The topological polar surface area (TPSA) is 52.5 Å². The molecular formula is C13H25N5S. The van der Waals surface area contributed by atoms with Crippen LogP contribution in [-0.2, 0) is 6.42 Å². The fourth-order valence-corrected chi connectivity index (χ4v) is 2.22. The molecule has 1 aromatic rings. The summed E-state index contributed by atoms with van der Waals surface area (Å²) in [5.41, 5.74) is 1.15. The highest BCUT2D eigenvalue weighted by molar-refractivity contribution is 7.09. The van der Waals surface area contributed by atoms with Crippen molar-refractivity contribution in [1.82, 2.24) is 20.5 Å². The summed E-state index contributed by atoms with van der Waals surface area (Å²) < 4.78 is 0. The normalized spacial score (nSPS) is 11.9. The molecule has 19 heavy (non-hydrogen) atoms. The highest BCUT2D eigenvalue weighted by Gasteiger charge is 2.01. The zero-order valence-electron chi connectivity index (χ0n) is 12.4. The molecule has 0 radical (unpaired) electrons. The van der Waals surface area contributed by atoms with Crippen LogP contribution in [0.3, 0.4) is 0 Å². The standard InChI is InChI=1S/C13H25N5S/c1-5-18(4)9-8-16-13(14-3)15-7-6-12-10-19-11(2)17-12/h10H,5-9H2,1-4H3,(H2,14,15,16). The van der Waals surface area contributed by atoms with E-state index >= 15 is 0 Å². The summed E-state index contributed by atoms with van der Waals surface area (Å²) in [7, 11) is 3.91. The summed E-state index contributed by atoms with van der Waals surface area (Å²) in [4.78, 5) is 10.9. The van der Waals surface area contributed by atoms with Gasteiger partial charge in [-0.15, -0.1) is 11.3 Å². The summed E-state index contributed by atoms with van der Waals surface area (Å²) in [6, 6.07) is 0. The van der Waals surface area contributed by atoms with E-state index in [1.165, 1.54) is 0 Å². The van der Waals surface area contributed by atoms with E-state index in [1.807, 2.05) is 6.92 Å². The van der Waals surface area contributed by atoms with Gasteiger partial charge in [-0.1, -0.05) is 6.92 Å². The number of aliphatic imine (C=N–C) groups is 1. The van der Waals surface area contributed by atoms with Crippen LogP contribution in [0.1, 0.15) is 17.6 Å². The third-order valence-corrected chi connectivity index (χ3v) is 3.71. The van der Waals surface area contributed by atoms with E-state index < -0.39 is 0 Å². The van der Waals surface area contributed by atoms with Gasteiger partial charge in [0.2, 0.25) is 0 Å². The zero-order chi connectivity index (χ0) is 14.1. The maximum atomic E-state index is 4.44. The van der Waals surface area contributed by atoms with Crippen LogP contribution in [0, 0.1) is 6.92 Å². The highest BCUT2D eigenvalue weighted by atomic mass is 32.1. The number of hydrogen-bond donors (Lipinski definition) is 2. The van der Waals surface area contributed by atoms with Gasteiger partial charge in [-0.2, -0.15) is 0 Å². The number of hydrogen-bond acceptors (Lipinski definition) is 4. The van der Waals surface area contributed by atoms with Crippen molar-refractivity contribution in [3.8, 4) is 0 Å². The van der Waals surface area contributed by atoms with Crippen LogP contribution < -0.4 is 10.6 Å². The molecule has 6 heteroatoms. The summed E-state index contributed by atoms with van der Waals surface area (Å²) in [6.07, 6.45) is 0.930. The van der Waals surface area contributed by atoms with Gasteiger partial charge < -0.3 is 15.5 Å². The third kappa shape index (κ3) is 6.54. The third-order valence-electron chi connectivity index (χ3n) is 2.89. The maximum absolute atomic E-state index is 4.44. The average Bonchev–Trinajstić information content (AvgIpc) is 2.82. The van der Waals surface area contributed by atoms with Gasteiger partial charge in [-0.25, -0.2) is 4.98 Å². The molecular weight excluding hydrogens is 258 g/mol. The van der Waals surface area contributed by atoms with Gasteiger partial charge in [0.05, 0.1) is 10.7 Å².